The second-order valence-electron chi connectivity index (χ2n) is 27.5. The van der Waals surface area contributed by atoms with Crippen molar-refractivity contribution in [3.8, 4) is 0 Å². The Morgan fingerprint density at radius 2 is 0.708 bits per heavy atom. The zero-order valence-electron chi connectivity index (χ0n) is 57.7. The first kappa shape index (κ1) is 83.8. The zero-order chi connectivity index (χ0) is 64.5. The maximum absolute atomic E-state index is 13.4. The van der Waals surface area contributed by atoms with Crippen LogP contribution in [0.25, 0.3) is 0 Å². The van der Waals surface area contributed by atoms with E-state index in [4.69, 9.17) is 18.9 Å². The van der Waals surface area contributed by atoms with Gasteiger partial charge in [0.1, 0.15) is 48.8 Å². The van der Waals surface area contributed by atoms with E-state index in [2.05, 4.69) is 31.3 Å². The van der Waals surface area contributed by atoms with Gasteiger partial charge in [-0.15, -0.1) is 0 Å². The second-order valence-corrected chi connectivity index (χ2v) is 27.5. The highest BCUT2D eigenvalue weighted by Crippen LogP contribution is 2.30. The van der Waals surface area contributed by atoms with Gasteiger partial charge in [0.25, 0.3) is 0 Å². The number of amides is 1. The van der Waals surface area contributed by atoms with Crippen LogP contribution in [-0.2, 0) is 23.7 Å². The molecule has 1 amide bonds. The van der Waals surface area contributed by atoms with Crippen LogP contribution < -0.4 is 5.32 Å². The van der Waals surface area contributed by atoms with Crippen molar-refractivity contribution in [2.24, 2.45) is 0 Å². The fourth-order valence-electron chi connectivity index (χ4n) is 13.1. The number of hydrogen-bond acceptors (Lipinski definition) is 13. The van der Waals surface area contributed by atoms with Crippen LogP contribution in [0.1, 0.15) is 367 Å². The molecule has 0 aromatic heterocycles. The fraction of sp³-hybridized carbons (Fsp3) is 0.960. The fourth-order valence-corrected chi connectivity index (χ4v) is 13.1. The van der Waals surface area contributed by atoms with Crippen LogP contribution in [0.3, 0.4) is 0 Å². The maximum Gasteiger partial charge on any atom is 0.220 e. The third kappa shape index (κ3) is 44.2. The van der Waals surface area contributed by atoms with Gasteiger partial charge < -0.3 is 65.1 Å². The third-order valence-electron chi connectivity index (χ3n) is 19.2. The minimum Gasteiger partial charge on any atom is -0.394 e. The van der Waals surface area contributed by atoms with E-state index in [1.165, 1.54) is 289 Å². The average molecular weight is 1270 g/mol. The monoisotopic (exact) mass is 1270 g/mol. The van der Waals surface area contributed by atoms with E-state index in [9.17, 15) is 45.6 Å². The number of aliphatic hydroxyl groups is 8. The first-order valence-electron chi connectivity index (χ1n) is 38.4. The smallest absolute Gasteiger partial charge is 0.220 e. The van der Waals surface area contributed by atoms with Crippen LogP contribution in [0.4, 0.5) is 0 Å². The number of allylic oxidation sites excluding steroid dienone is 2. The van der Waals surface area contributed by atoms with Gasteiger partial charge in [0, 0.05) is 6.42 Å². The van der Waals surface area contributed by atoms with Crippen molar-refractivity contribution < 1.29 is 64.6 Å². The number of nitrogens with one attached hydrogen (secondary N) is 1. The van der Waals surface area contributed by atoms with Crippen LogP contribution in [0, 0.1) is 0 Å². The summed E-state index contributed by atoms with van der Waals surface area (Å²) < 4.78 is 22.9. The van der Waals surface area contributed by atoms with E-state index in [0.29, 0.717) is 12.8 Å². The molecular weight excluding hydrogens is 1120 g/mol. The van der Waals surface area contributed by atoms with Gasteiger partial charge in [0.15, 0.2) is 12.6 Å². The minimum atomic E-state index is -1.78. The van der Waals surface area contributed by atoms with E-state index in [1.54, 1.807) is 0 Å². The molecule has 0 aliphatic carbocycles. The Kier molecular flexibility index (Phi) is 56.9. The van der Waals surface area contributed by atoms with Crippen molar-refractivity contribution in [1.82, 2.24) is 5.32 Å². The summed E-state index contributed by atoms with van der Waals surface area (Å²) in [6.07, 6.45) is 58.4. The first-order valence-corrected chi connectivity index (χ1v) is 38.4. The van der Waals surface area contributed by atoms with Gasteiger partial charge in [-0.1, -0.05) is 334 Å². The van der Waals surface area contributed by atoms with Gasteiger partial charge in [0.2, 0.25) is 5.91 Å². The molecule has 2 rings (SSSR count). The molecule has 14 nitrogen and oxygen atoms in total. The lowest BCUT2D eigenvalue weighted by Crippen LogP contribution is -2.65. The first-order chi connectivity index (χ1) is 43.6. The van der Waals surface area contributed by atoms with E-state index < -0.39 is 86.8 Å². The molecule has 12 atom stereocenters. The van der Waals surface area contributed by atoms with Gasteiger partial charge >= 0.3 is 0 Å². The van der Waals surface area contributed by atoms with Gasteiger partial charge in [-0.05, 0) is 38.5 Å². The van der Waals surface area contributed by atoms with Gasteiger partial charge in [-0.2, -0.15) is 0 Å². The highest BCUT2D eigenvalue weighted by molar-refractivity contribution is 5.76. The molecule has 0 radical (unpaired) electrons. The largest absolute Gasteiger partial charge is 0.394 e. The molecule has 2 fully saturated rings. The topological polar surface area (TPSA) is 228 Å². The predicted octanol–water partition coefficient (Wildman–Crippen LogP) is 16.5. The van der Waals surface area contributed by atoms with Gasteiger partial charge in [-0.25, -0.2) is 0 Å². The lowest BCUT2D eigenvalue weighted by Gasteiger charge is -2.46. The molecule has 0 aromatic rings. The lowest BCUT2D eigenvalue weighted by atomic mass is 9.97. The van der Waals surface area contributed by atoms with Crippen LogP contribution in [0.15, 0.2) is 12.2 Å². The Morgan fingerprint density at radius 1 is 0.393 bits per heavy atom. The van der Waals surface area contributed by atoms with Crippen molar-refractivity contribution in [1.29, 1.82) is 0 Å². The van der Waals surface area contributed by atoms with Crippen LogP contribution in [0.2, 0.25) is 0 Å². The zero-order valence-corrected chi connectivity index (χ0v) is 57.7. The highest BCUT2D eigenvalue weighted by atomic mass is 16.7. The molecule has 0 aromatic carbocycles. The van der Waals surface area contributed by atoms with E-state index in [-0.39, 0.29) is 12.5 Å². The normalized spacial score (nSPS) is 23.0. The Hall–Kier alpha value is -1.27. The molecule has 0 bridgehead atoms. The van der Waals surface area contributed by atoms with E-state index >= 15 is 0 Å². The van der Waals surface area contributed by atoms with Gasteiger partial charge in [0.05, 0.1) is 32.0 Å². The Morgan fingerprint density at radius 3 is 1.07 bits per heavy atom. The standard InChI is InChI=1S/C75H145NO13/c1-3-5-7-9-11-13-15-17-19-21-22-23-24-25-26-27-28-29-30-31-32-33-34-35-36-37-38-39-40-41-42-43-45-47-49-51-53-55-57-59-67(80)76-63(64(79)58-56-54-52-50-48-46-44-20-18-16-14-12-10-8-6-4-2)62-86-74-72(85)70(83)73(66(61-78)88-74)89-75-71(84)69(82)68(81)65(60-77)87-75/h21-22,63-66,68-75,77-79,81-85H,3-20,23-62H2,1-2H3,(H,76,80)/b22-21-. The summed E-state index contributed by atoms with van der Waals surface area (Å²) in [6.45, 7) is 2.92. The molecule has 2 heterocycles. The number of carbonyl (C=O) groups excluding carboxylic acids is 1. The summed E-state index contributed by atoms with van der Waals surface area (Å²) in [5.74, 6) is -0.198. The van der Waals surface area contributed by atoms with Crippen LogP contribution >= 0.6 is 0 Å². The Bertz CT molecular complexity index is 1540. The Labute approximate surface area is 546 Å². The summed E-state index contributed by atoms with van der Waals surface area (Å²) >= 11 is 0. The second kappa shape index (κ2) is 60.4. The van der Waals surface area contributed by atoms with Crippen molar-refractivity contribution in [2.75, 3.05) is 19.8 Å². The Balaban J connectivity index is 1.54. The molecule has 0 spiro atoms. The average Bonchev–Trinajstić information content (AvgIpc) is 2.55. The van der Waals surface area contributed by atoms with E-state index in [1.807, 2.05) is 0 Å². The summed E-state index contributed by atoms with van der Waals surface area (Å²) in [7, 11) is 0. The molecule has 2 aliphatic heterocycles. The number of unbranched alkanes of at least 4 members (excludes halogenated alkanes) is 50. The number of carbonyl (C=O) groups is 1. The number of aliphatic hydroxyl groups excluding tert-OH is 8. The van der Waals surface area contributed by atoms with Crippen molar-refractivity contribution >= 4 is 5.91 Å². The number of rotatable bonds is 65. The highest BCUT2D eigenvalue weighted by Gasteiger charge is 2.51. The van der Waals surface area contributed by atoms with Crippen molar-refractivity contribution in [3.05, 3.63) is 12.2 Å². The molecule has 2 saturated heterocycles. The van der Waals surface area contributed by atoms with Crippen molar-refractivity contribution in [3.63, 3.8) is 0 Å². The molecule has 0 saturated carbocycles. The summed E-state index contributed by atoms with van der Waals surface area (Å²) in [5, 5.41) is 87.6. The molecule has 12 unspecified atom stereocenters. The summed E-state index contributed by atoms with van der Waals surface area (Å²) in [5.41, 5.74) is 0. The minimum absolute atomic E-state index is 0.198. The number of ether oxygens (including phenoxy) is 4. The maximum atomic E-state index is 13.4. The van der Waals surface area contributed by atoms with E-state index in [0.717, 1.165) is 51.4 Å². The molecule has 14 heteroatoms. The predicted molar refractivity (Wildman–Crippen MR) is 365 cm³/mol. The molecular formula is C75H145NO13. The molecule has 528 valence electrons. The lowest BCUT2D eigenvalue weighted by molar-refractivity contribution is -0.359. The number of hydrogen-bond donors (Lipinski definition) is 9. The summed E-state index contributed by atoms with van der Waals surface area (Å²) in [4.78, 5) is 13.4. The SMILES string of the molecule is CCCCCCCCCC/C=C\CCCCCCCCCCCCCCCCCCCCCCCCCCCCCC(=O)NC(COC1OC(CO)C(OC2OC(CO)C(O)C(O)C2O)C(O)C1O)C(O)CCCCCCCCCCCCCCCCCC. The van der Waals surface area contributed by atoms with Gasteiger partial charge in [-0.3, -0.25) is 4.79 Å². The molecule has 89 heavy (non-hydrogen) atoms. The molecule has 2 aliphatic rings. The van der Waals surface area contributed by atoms with Crippen LogP contribution in [0.5, 0.6) is 0 Å². The summed E-state index contributed by atoms with van der Waals surface area (Å²) in [6, 6.07) is -0.825. The molecule has 9 N–H and O–H groups in total. The van der Waals surface area contributed by atoms with Crippen LogP contribution in [-0.4, -0.2) is 140 Å². The van der Waals surface area contributed by atoms with Crippen molar-refractivity contribution in [2.45, 2.75) is 441 Å². The quantitative estimate of drug-likeness (QED) is 0.0204. The third-order valence-corrected chi connectivity index (χ3v) is 19.2.